The average Bonchev–Trinajstić information content (AvgIpc) is 2.36. The summed E-state index contributed by atoms with van der Waals surface area (Å²) in [6.07, 6.45) is 2.66. The second-order valence-electron chi connectivity index (χ2n) is 4.61. The van der Waals surface area contributed by atoms with Crippen LogP contribution in [-0.2, 0) is 4.74 Å². The van der Waals surface area contributed by atoms with E-state index >= 15 is 0 Å². The second kappa shape index (κ2) is 8.99. The van der Waals surface area contributed by atoms with Gasteiger partial charge < -0.3 is 10.1 Å². The molecule has 0 saturated carbocycles. The molecule has 0 fully saturated rings. The molecule has 2 nitrogen and oxygen atoms in total. The molecule has 0 radical (unpaired) electrons. The number of benzene rings is 1. The molecule has 0 bridgehead atoms. The van der Waals surface area contributed by atoms with Crippen LogP contribution in [0.1, 0.15) is 44.7 Å². The third-order valence-corrected chi connectivity index (χ3v) is 2.83. The van der Waals surface area contributed by atoms with Crippen molar-refractivity contribution in [3.8, 4) is 0 Å². The quantitative estimate of drug-likeness (QED) is 0.689. The van der Waals surface area contributed by atoms with Gasteiger partial charge in [0.15, 0.2) is 0 Å². The van der Waals surface area contributed by atoms with Gasteiger partial charge >= 0.3 is 0 Å². The SMILES string of the molecule is CCCNC(CCOCCC)c1cc(F)cc(F)c1. The number of halogens is 2. The van der Waals surface area contributed by atoms with Gasteiger partial charge in [0.1, 0.15) is 11.6 Å². The lowest BCUT2D eigenvalue weighted by Crippen LogP contribution is -2.24. The van der Waals surface area contributed by atoms with Crippen molar-refractivity contribution in [3.05, 3.63) is 35.4 Å². The molecular formula is C15H23F2NO. The van der Waals surface area contributed by atoms with Crippen molar-refractivity contribution in [2.75, 3.05) is 19.8 Å². The Kier molecular flexibility index (Phi) is 7.60. The minimum Gasteiger partial charge on any atom is -0.381 e. The fraction of sp³-hybridized carbons (Fsp3) is 0.600. The van der Waals surface area contributed by atoms with Crippen molar-refractivity contribution in [1.82, 2.24) is 5.32 Å². The second-order valence-corrected chi connectivity index (χ2v) is 4.61. The summed E-state index contributed by atoms with van der Waals surface area (Å²) in [6.45, 7) is 6.24. The molecule has 1 aromatic carbocycles. The van der Waals surface area contributed by atoms with Crippen molar-refractivity contribution < 1.29 is 13.5 Å². The molecule has 0 amide bonds. The van der Waals surface area contributed by atoms with E-state index in [0.717, 1.165) is 32.1 Å². The lowest BCUT2D eigenvalue weighted by atomic mass is 10.0. The predicted octanol–water partition coefficient (Wildman–Crippen LogP) is 3.82. The van der Waals surface area contributed by atoms with Crippen molar-refractivity contribution in [2.24, 2.45) is 0 Å². The zero-order valence-corrected chi connectivity index (χ0v) is 11.7. The standard InChI is InChI=1S/C15H23F2NO/c1-3-6-18-15(5-8-19-7-4-2)12-9-13(16)11-14(17)10-12/h9-11,15,18H,3-8H2,1-2H3. The molecule has 19 heavy (non-hydrogen) atoms. The maximum atomic E-state index is 13.3. The Morgan fingerprint density at radius 3 is 2.32 bits per heavy atom. The smallest absolute Gasteiger partial charge is 0.126 e. The van der Waals surface area contributed by atoms with Gasteiger partial charge in [-0.25, -0.2) is 8.78 Å². The highest BCUT2D eigenvalue weighted by Crippen LogP contribution is 2.19. The van der Waals surface area contributed by atoms with Crippen molar-refractivity contribution in [1.29, 1.82) is 0 Å². The molecule has 0 saturated heterocycles. The highest BCUT2D eigenvalue weighted by atomic mass is 19.1. The van der Waals surface area contributed by atoms with Gasteiger partial charge in [0.25, 0.3) is 0 Å². The minimum absolute atomic E-state index is 0.0676. The van der Waals surface area contributed by atoms with Gasteiger partial charge in [0.05, 0.1) is 0 Å². The van der Waals surface area contributed by atoms with Crippen LogP contribution in [0.4, 0.5) is 8.78 Å². The van der Waals surface area contributed by atoms with Gasteiger partial charge in [-0.05, 0) is 43.5 Å². The summed E-state index contributed by atoms with van der Waals surface area (Å²) in [5.74, 6) is -1.07. The topological polar surface area (TPSA) is 21.3 Å². The van der Waals surface area contributed by atoms with Crippen molar-refractivity contribution in [2.45, 2.75) is 39.2 Å². The third-order valence-electron chi connectivity index (χ3n) is 2.83. The van der Waals surface area contributed by atoms with E-state index in [4.69, 9.17) is 4.74 Å². The number of nitrogens with one attached hydrogen (secondary N) is 1. The molecule has 0 spiro atoms. The number of hydrogen-bond donors (Lipinski definition) is 1. The summed E-state index contributed by atoms with van der Waals surface area (Å²) in [5, 5.41) is 3.30. The largest absolute Gasteiger partial charge is 0.381 e. The Balaban J connectivity index is 2.65. The molecule has 1 unspecified atom stereocenters. The molecule has 0 aliphatic rings. The summed E-state index contributed by atoms with van der Waals surface area (Å²) >= 11 is 0. The normalized spacial score (nSPS) is 12.6. The molecule has 4 heteroatoms. The van der Waals surface area contributed by atoms with Crippen LogP contribution in [0.5, 0.6) is 0 Å². The highest BCUT2D eigenvalue weighted by molar-refractivity contribution is 5.21. The Morgan fingerprint density at radius 1 is 1.05 bits per heavy atom. The van der Waals surface area contributed by atoms with E-state index in [9.17, 15) is 8.78 Å². The van der Waals surface area contributed by atoms with Gasteiger partial charge in [-0.1, -0.05) is 13.8 Å². The Hall–Kier alpha value is -1.00. The molecule has 1 atom stereocenters. The van der Waals surface area contributed by atoms with E-state index in [1.165, 1.54) is 12.1 Å². The van der Waals surface area contributed by atoms with Crippen molar-refractivity contribution in [3.63, 3.8) is 0 Å². The first-order chi connectivity index (χ1) is 9.17. The molecular weight excluding hydrogens is 248 g/mol. The maximum Gasteiger partial charge on any atom is 0.126 e. The van der Waals surface area contributed by atoms with Crippen LogP contribution in [0.15, 0.2) is 18.2 Å². The third kappa shape index (κ3) is 6.12. The van der Waals surface area contributed by atoms with Crippen LogP contribution < -0.4 is 5.32 Å². The highest BCUT2D eigenvalue weighted by Gasteiger charge is 2.13. The number of hydrogen-bond acceptors (Lipinski definition) is 2. The maximum absolute atomic E-state index is 13.3. The lowest BCUT2D eigenvalue weighted by Gasteiger charge is -2.19. The Morgan fingerprint density at radius 2 is 1.74 bits per heavy atom. The molecule has 0 heterocycles. The van der Waals surface area contributed by atoms with E-state index in [-0.39, 0.29) is 6.04 Å². The molecule has 1 aromatic rings. The average molecular weight is 271 g/mol. The minimum atomic E-state index is -0.534. The number of rotatable bonds is 9. The van der Waals surface area contributed by atoms with Gasteiger partial charge in [0, 0.05) is 25.3 Å². The molecule has 0 aromatic heterocycles. The first-order valence-electron chi connectivity index (χ1n) is 6.94. The van der Waals surface area contributed by atoms with Crippen LogP contribution in [-0.4, -0.2) is 19.8 Å². The van der Waals surface area contributed by atoms with Gasteiger partial charge in [0.2, 0.25) is 0 Å². The predicted molar refractivity (Wildman–Crippen MR) is 73.1 cm³/mol. The first kappa shape index (κ1) is 16.1. The van der Waals surface area contributed by atoms with Crippen LogP contribution >= 0.6 is 0 Å². The van der Waals surface area contributed by atoms with Crippen molar-refractivity contribution >= 4 is 0 Å². The fourth-order valence-corrected chi connectivity index (χ4v) is 1.93. The Bertz CT molecular complexity index is 351. The monoisotopic (exact) mass is 271 g/mol. The van der Waals surface area contributed by atoms with Crippen LogP contribution in [0.3, 0.4) is 0 Å². The summed E-state index contributed by atoms with van der Waals surface area (Å²) in [6, 6.07) is 3.60. The van der Waals surface area contributed by atoms with Gasteiger partial charge in [-0.15, -0.1) is 0 Å². The molecule has 0 aliphatic heterocycles. The summed E-state index contributed by atoms with van der Waals surface area (Å²) in [4.78, 5) is 0. The first-order valence-corrected chi connectivity index (χ1v) is 6.94. The summed E-state index contributed by atoms with van der Waals surface area (Å²) in [5.41, 5.74) is 0.644. The number of ether oxygens (including phenoxy) is 1. The molecule has 1 rings (SSSR count). The van der Waals surface area contributed by atoms with Crippen LogP contribution in [0.25, 0.3) is 0 Å². The summed E-state index contributed by atoms with van der Waals surface area (Å²) in [7, 11) is 0. The zero-order valence-electron chi connectivity index (χ0n) is 11.7. The Labute approximate surface area is 114 Å². The van der Waals surface area contributed by atoms with E-state index in [2.05, 4.69) is 19.2 Å². The zero-order chi connectivity index (χ0) is 14.1. The van der Waals surface area contributed by atoms with E-state index in [1.54, 1.807) is 0 Å². The fourth-order valence-electron chi connectivity index (χ4n) is 1.93. The van der Waals surface area contributed by atoms with E-state index in [1.807, 2.05) is 0 Å². The molecule has 108 valence electrons. The van der Waals surface area contributed by atoms with E-state index < -0.39 is 11.6 Å². The van der Waals surface area contributed by atoms with Crippen LogP contribution in [0.2, 0.25) is 0 Å². The molecule has 1 N–H and O–H groups in total. The lowest BCUT2D eigenvalue weighted by molar-refractivity contribution is 0.124. The van der Waals surface area contributed by atoms with Crippen LogP contribution in [0, 0.1) is 11.6 Å². The summed E-state index contributed by atoms with van der Waals surface area (Å²) < 4.78 is 32.0. The molecule has 0 aliphatic carbocycles. The van der Waals surface area contributed by atoms with E-state index in [0.29, 0.717) is 18.6 Å². The van der Waals surface area contributed by atoms with Gasteiger partial charge in [-0.3, -0.25) is 0 Å². The van der Waals surface area contributed by atoms with Gasteiger partial charge in [-0.2, -0.15) is 0 Å².